The van der Waals surface area contributed by atoms with E-state index in [2.05, 4.69) is 5.32 Å². The van der Waals surface area contributed by atoms with Crippen molar-refractivity contribution in [2.45, 2.75) is 31.7 Å². The van der Waals surface area contributed by atoms with Gasteiger partial charge in [0.1, 0.15) is 17.5 Å². The Hall–Kier alpha value is -1.83. The summed E-state index contributed by atoms with van der Waals surface area (Å²) in [7, 11) is 0. The van der Waals surface area contributed by atoms with Crippen molar-refractivity contribution in [2.24, 2.45) is 5.73 Å². The SMILES string of the molecule is NCCCCCNC(Cc1ccc(O)c(NO)c1)C(=O)O. The molecule has 0 heterocycles. The Morgan fingerprint density at radius 2 is 2.05 bits per heavy atom. The van der Waals surface area contributed by atoms with Crippen molar-refractivity contribution in [1.29, 1.82) is 0 Å². The minimum absolute atomic E-state index is 0.0946. The average Bonchev–Trinajstić information content (AvgIpc) is 2.47. The Balaban J connectivity index is 2.56. The molecule has 1 unspecified atom stereocenters. The van der Waals surface area contributed by atoms with Crippen LogP contribution in [0.5, 0.6) is 5.75 Å². The van der Waals surface area contributed by atoms with Crippen molar-refractivity contribution in [2.75, 3.05) is 18.6 Å². The van der Waals surface area contributed by atoms with E-state index in [1.165, 1.54) is 12.1 Å². The van der Waals surface area contributed by atoms with Crippen molar-refractivity contribution in [3.05, 3.63) is 23.8 Å². The van der Waals surface area contributed by atoms with Crippen LogP contribution >= 0.6 is 0 Å². The molecule has 1 aromatic carbocycles. The van der Waals surface area contributed by atoms with Gasteiger partial charge in [-0.2, -0.15) is 0 Å². The minimum atomic E-state index is -0.930. The maximum absolute atomic E-state index is 11.2. The van der Waals surface area contributed by atoms with Crippen molar-refractivity contribution in [3.63, 3.8) is 0 Å². The van der Waals surface area contributed by atoms with E-state index in [-0.39, 0.29) is 17.9 Å². The fraction of sp³-hybridized carbons (Fsp3) is 0.500. The first kappa shape index (κ1) is 17.2. The number of aliphatic carboxylic acids is 1. The van der Waals surface area contributed by atoms with Gasteiger partial charge < -0.3 is 21.3 Å². The van der Waals surface area contributed by atoms with Gasteiger partial charge in [0.15, 0.2) is 0 Å². The van der Waals surface area contributed by atoms with Gasteiger partial charge in [-0.05, 0) is 50.0 Å². The number of phenols is 1. The van der Waals surface area contributed by atoms with Gasteiger partial charge in [-0.1, -0.05) is 12.5 Å². The first-order valence-corrected chi connectivity index (χ1v) is 6.96. The van der Waals surface area contributed by atoms with Gasteiger partial charge in [0.25, 0.3) is 0 Å². The summed E-state index contributed by atoms with van der Waals surface area (Å²) in [6.07, 6.45) is 3.04. The molecule has 7 heteroatoms. The second-order valence-corrected chi connectivity index (χ2v) is 4.86. The number of hydrogen-bond donors (Lipinski definition) is 6. The number of aromatic hydroxyl groups is 1. The van der Waals surface area contributed by atoms with Gasteiger partial charge in [-0.25, -0.2) is 0 Å². The van der Waals surface area contributed by atoms with E-state index in [0.717, 1.165) is 19.3 Å². The molecule has 0 saturated heterocycles. The summed E-state index contributed by atoms with van der Waals surface area (Å²) in [4.78, 5) is 11.2. The molecule has 7 nitrogen and oxygen atoms in total. The molecule has 0 fully saturated rings. The third-order valence-electron chi connectivity index (χ3n) is 3.19. The number of phenolic OH excluding ortho intramolecular Hbond substituents is 1. The first-order valence-electron chi connectivity index (χ1n) is 6.96. The molecule has 0 saturated carbocycles. The summed E-state index contributed by atoms with van der Waals surface area (Å²) in [6, 6.07) is 3.84. The molecule has 7 N–H and O–H groups in total. The Labute approximate surface area is 123 Å². The lowest BCUT2D eigenvalue weighted by atomic mass is 10.0. The molecule has 0 spiro atoms. The highest BCUT2D eigenvalue weighted by Gasteiger charge is 2.17. The number of anilines is 1. The lowest BCUT2D eigenvalue weighted by molar-refractivity contribution is -0.139. The minimum Gasteiger partial charge on any atom is -0.506 e. The number of rotatable bonds is 10. The topological polar surface area (TPSA) is 128 Å². The standard InChI is InChI=1S/C14H23N3O4/c15-6-2-1-3-7-16-12(14(19)20)9-10-4-5-13(18)11(8-10)17-21/h4-5,8,12,16-18,21H,1-3,6-7,9,15H2,(H,19,20). The zero-order valence-corrected chi connectivity index (χ0v) is 11.9. The summed E-state index contributed by atoms with van der Waals surface area (Å²) in [6.45, 7) is 1.26. The van der Waals surface area contributed by atoms with Gasteiger partial charge in [-0.3, -0.25) is 15.5 Å². The zero-order valence-electron chi connectivity index (χ0n) is 11.9. The molecule has 21 heavy (non-hydrogen) atoms. The predicted molar refractivity (Wildman–Crippen MR) is 79.6 cm³/mol. The Bertz CT molecular complexity index is 454. The largest absolute Gasteiger partial charge is 0.506 e. The van der Waals surface area contributed by atoms with Crippen LogP contribution in [-0.2, 0) is 11.2 Å². The normalized spacial score (nSPS) is 12.1. The van der Waals surface area contributed by atoms with Gasteiger partial charge in [-0.15, -0.1) is 0 Å². The molecule has 0 aliphatic rings. The smallest absolute Gasteiger partial charge is 0.321 e. The highest BCUT2D eigenvalue weighted by Crippen LogP contribution is 2.24. The van der Waals surface area contributed by atoms with E-state index >= 15 is 0 Å². The maximum Gasteiger partial charge on any atom is 0.321 e. The fourth-order valence-corrected chi connectivity index (χ4v) is 2.00. The van der Waals surface area contributed by atoms with Crippen molar-refractivity contribution in [1.82, 2.24) is 5.32 Å². The number of nitrogens with two attached hydrogens (primary N) is 1. The molecule has 0 aromatic heterocycles. The molecule has 118 valence electrons. The number of unbranched alkanes of at least 4 members (excludes halogenated alkanes) is 2. The van der Waals surface area contributed by atoms with E-state index < -0.39 is 12.0 Å². The van der Waals surface area contributed by atoms with Gasteiger partial charge >= 0.3 is 5.97 Å². The zero-order chi connectivity index (χ0) is 15.7. The van der Waals surface area contributed by atoms with Crippen molar-refractivity contribution >= 4 is 11.7 Å². The molecule has 0 aliphatic carbocycles. The first-order chi connectivity index (χ1) is 10.1. The van der Waals surface area contributed by atoms with Crippen LogP contribution in [0.3, 0.4) is 0 Å². The molecule has 1 atom stereocenters. The number of carboxylic acid groups (broad SMARTS) is 1. The van der Waals surface area contributed by atoms with E-state index in [4.69, 9.17) is 10.9 Å². The number of carbonyl (C=O) groups is 1. The molecule has 0 radical (unpaired) electrons. The van der Waals surface area contributed by atoms with Crippen LogP contribution in [0, 0.1) is 0 Å². The number of benzene rings is 1. The van der Waals surface area contributed by atoms with Crippen molar-refractivity contribution in [3.8, 4) is 5.75 Å². The van der Waals surface area contributed by atoms with Gasteiger partial charge in [0.05, 0.1) is 0 Å². The second-order valence-electron chi connectivity index (χ2n) is 4.86. The summed E-state index contributed by atoms with van der Waals surface area (Å²) in [5.74, 6) is -1.02. The lowest BCUT2D eigenvalue weighted by Gasteiger charge is -2.15. The number of nitrogens with one attached hydrogen (secondary N) is 2. The van der Waals surface area contributed by atoms with Crippen LogP contribution in [0.25, 0.3) is 0 Å². The predicted octanol–water partition coefficient (Wildman–Crippen LogP) is 0.908. The average molecular weight is 297 g/mol. The molecular weight excluding hydrogens is 274 g/mol. The highest BCUT2D eigenvalue weighted by molar-refractivity contribution is 5.74. The fourth-order valence-electron chi connectivity index (χ4n) is 2.00. The second kappa shape index (κ2) is 9.17. The van der Waals surface area contributed by atoms with Crippen LogP contribution in [0.15, 0.2) is 18.2 Å². The summed E-state index contributed by atoms with van der Waals surface area (Å²) < 4.78 is 0. The maximum atomic E-state index is 11.2. The van der Waals surface area contributed by atoms with E-state index in [0.29, 0.717) is 18.7 Å². The van der Waals surface area contributed by atoms with Crippen LogP contribution in [-0.4, -0.2) is 40.5 Å². The van der Waals surface area contributed by atoms with Gasteiger partial charge in [0.2, 0.25) is 0 Å². The monoisotopic (exact) mass is 297 g/mol. The third-order valence-corrected chi connectivity index (χ3v) is 3.19. The van der Waals surface area contributed by atoms with E-state index in [1.54, 1.807) is 6.07 Å². The van der Waals surface area contributed by atoms with Crippen LogP contribution in [0.2, 0.25) is 0 Å². The third kappa shape index (κ3) is 5.99. The molecule has 0 bridgehead atoms. The Morgan fingerprint density at radius 1 is 1.29 bits per heavy atom. The Morgan fingerprint density at radius 3 is 2.67 bits per heavy atom. The summed E-state index contributed by atoms with van der Waals surface area (Å²) in [5.41, 5.74) is 8.13. The van der Waals surface area contributed by atoms with E-state index in [1.807, 2.05) is 5.48 Å². The number of carboxylic acids is 1. The van der Waals surface area contributed by atoms with E-state index in [9.17, 15) is 15.0 Å². The Kier molecular flexibility index (Phi) is 7.52. The highest BCUT2D eigenvalue weighted by atomic mass is 16.5. The molecule has 1 rings (SSSR count). The molecule has 0 amide bonds. The lowest BCUT2D eigenvalue weighted by Crippen LogP contribution is -2.39. The molecular formula is C14H23N3O4. The van der Waals surface area contributed by atoms with Crippen molar-refractivity contribution < 1.29 is 20.2 Å². The van der Waals surface area contributed by atoms with Crippen LogP contribution in [0.1, 0.15) is 24.8 Å². The van der Waals surface area contributed by atoms with Crippen LogP contribution < -0.4 is 16.5 Å². The molecule has 1 aromatic rings. The summed E-state index contributed by atoms with van der Waals surface area (Å²) in [5, 5.41) is 30.5. The van der Waals surface area contributed by atoms with Crippen LogP contribution in [0.4, 0.5) is 5.69 Å². The molecule has 0 aliphatic heterocycles. The quantitative estimate of drug-likeness (QED) is 0.215. The summed E-state index contributed by atoms with van der Waals surface area (Å²) >= 11 is 0. The number of hydrogen-bond acceptors (Lipinski definition) is 6. The van der Waals surface area contributed by atoms with Gasteiger partial charge in [0, 0.05) is 0 Å².